The Balaban J connectivity index is 2.09. The number of rotatable bonds is 5. The summed E-state index contributed by atoms with van der Waals surface area (Å²) in [6.45, 7) is 0.246. The molecule has 0 radical (unpaired) electrons. The maximum atomic E-state index is 12.0. The van der Waals surface area contributed by atoms with Crippen molar-refractivity contribution in [3.05, 3.63) is 39.1 Å². The first-order chi connectivity index (χ1) is 9.01. The van der Waals surface area contributed by atoms with Crippen LogP contribution in [0.3, 0.4) is 0 Å². The van der Waals surface area contributed by atoms with E-state index in [1.54, 1.807) is 0 Å². The molecule has 0 saturated heterocycles. The first-order valence-corrected chi connectivity index (χ1v) is 8.27. The fourth-order valence-electron chi connectivity index (χ4n) is 1.32. The largest absolute Gasteiger partial charge is 0.308 e. The molecule has 2 aromatic heterocycles. The molecule has 4 N–H and O–H groups in total. The van der Waals surface area contributed by atoms with Crippen molar-refractivity contribution < 1.29 is 8.42 Å². The molecule has 0 unspecified atom stereocenters. The zero-order chi connectivity index (χ0) is 13.9. The SMILES string of the molecule is NNc1ccc(S(=O)(=O)NCc2ccc(Br)s2)cn1. The zero-order valence-corrected chi connectivity index (χ0v) is 12.8. The second kappa shape index (κ2) is 5.97. The van der Waals surface area contributed by atoms with Crippen LogP contribution in [-0.2, 0) is 16.6 Å². The van der Waals surface area contributed by atoms with Gasteiger partial charge in [0.15, 0.2) is 0 Å². The first-order valence-electron chi connectivity index (χ1n) is 5.18. The number of hydrogen-bond acceptors (Lipinski definition) is 6. The Kier molecular flexibility index (Phi) is 4.53. The molecule has 102 valence electrons. The third-order valence-corrected chi connectivity index (χ3v) is 5.27. The van der Waals surface area contributed by atoms with Crippen LogP contribution < -0.4 is 16.0 Å². The number of pyridine rings is 1. The van der Waals surface area contributed by atoms with Crippen LogP contribution in [0.2, 0.25) is 0 Å². The van der Waals surface area contributed by atoms with E-state index in [1.165, 1.54) is 29.7 Å². The van der Waals surface area contributed by atoms with Gasteiger partial charge in [-0.1, -0.05) is 0 Å². The molecule has 0 fully saturated rings. The number of halogens is 1. The molecule has 6 nitrogen and oxygen atoms in total. The van der Waals surface area contributed by atoms with E-state index in [0.717, 1.165) is 8.66 Å². The van der Waals surface area contributed by atoms with Gasteiger partial charge in [0.1, 0.15) is 10.7 Å². The third kappa shape index (κ3) is 3.74. The molecule has 0 aromatic carbocycles. The van der Waals surface area contributed by atoms with Gasteiger partial charge in [0.05, 0.1) is 3.79 Å². The summed E-state index contributed by atoms with van der Waals surface area (Å²) in [7, 11) is -3.56. The third-order valence-electron chi connectivity index (χ3n) is 2.26. The number of anilines is 1. The van der Waals surface area contributed by atoms with Crippen molar-refractivity contribution in [1.82, 2.24) is 9.71 Å². The lowest BCUT2D eigenvalue weighted by Crippen LogP contribution is -2.23. The number of nitrogens with one attached hydrogen (secondary N) is 2. The summed E-state index contributed by atoms with van der Waals surface area (Å²) < 4.78 is 27.5. The van der Waals surface area contributed by atoms with Crippen molar-refractivity contribution in [2.75, 3.05) is 5.43 Å². The average Bonchev–Trinajstić information content (AvgIpc) is 2.82. The van der Waals surface area contributed by atoms with E-state index in [9.17, 15) is 8.42 Å². The fraction of sp³-hybridized carbons (Fsp3) is 0.100. The van der Waals surface area contributed by atoms with Gasteiger partial charge in [-0.3, -0.25) is 0 Å². The Bertz CT molecular complexity index is 654. The Morgan fingerprint density at radius 3 is 2.63 bits per heavy atom. The van der Waals surface area contributed by atoms with Gasteiger partial charge in [-0.25, -0.2) is 24.0 Å². The number of aromatic nitrogens is 1. The van der Waals surface area contributed by atoms with Crippen LogP contribution >= 0.6 is 27.3 Å². The topological polar surface area (TPSA) is 97.1 Å². The molecule has 0 bridgehead atoms. The summed E-state index contributed by atoms with van der Waals surface area (Å²) in [6, 6.07) is 6.67. The summed E-state index contributed by atoms with van der Waals surface area (Å²) in [5.74, 6) is 5.57. The molecule has 0 saturated carbocycles. The monoisotopic (exact) mass is 362 g/mol. The van der Waals surface area contributed by atoms with Crippen LogP contribution in [0.4, 0.5) is 5.82 Å². The van der Waals surface area contributed by atoms with E-state index in [0.29, 0.717) is 5.82 Å². The summed E-state index contributed by atoms with van der Waals surface area (Å²) in [6.07, 6.45) is 1.25. The number of thiophene rings is 1. The number of hydrazine groups is 1. The van der Waals surface area contributed by atoms with Gasteiger partial charge in [0.2, 0.25) is 10.0 Å². The first kappa shape index (κ1) is 14.4. The van der Waals surface area contributed by atoms with Crippen molar-refractivity contribution in [3.8, 4) is 0 Å². The highest BCUT2D eigenvalue weighted by Gasteiger charge is 2.14. The van der Waals surface area contributed by atoms with E-state index >= 15 is 0 Å². The fourth-order valence-corrected chi connectivity index (χ4v) is 3.79. The van der Waals surface area contributed by atoms with Crippen molar-refractivity contribution >= 4 is 43.1 Å². The molecule has 0 spiro atoms. The van der Waals surface area contributed by atoms with Crippen LogP contribution in [0, 0.1) is 0 Å². The van der Waals surface area contributed by atoms with E-state index in [4.69, 9.17) is 5.84 Å². The van der Waals surface area contributed by atoms with Crippen molar-refractivity contribution in [1.29, 1.82) is 0 Å². The van der Waals surface area contributed by atoms with Gasteiger partial charge in [0, 0.05) is 17.6 Å². The summed E-state index contributed by atoms with van der Waals surface area (Å²) in [4.78, 5) is 4.88. The highest BCUT2D eigenvalue weighted by atomic mass is 79.9. The van der Waals surface area contributed by atoms with Gasteiger partial charge in [-0.05, 0) is 40.2 Å². The van der Waals surface area contributed by atoms with Gasteiger partial charge >= 0.3 is 0 Å². The minimum absolute atomic E-state index is 0.0992. The molecule has 0 aliphatic heterocycles. The summed E-state index contributed by atoms with van der Waals surface area (Å²) >= 11 is 4.80. The lowest BCUT2D eigenvalue weighted by molar-refractivity contribution is 0.581. The molecule has 0 atom stereocenters. The van der Waals surface area contributed by atoms with E-state index in [2.05, 4.69) is 31.1 Å². The highest BCUT2D eigenvalue weighted by molar-refractivity contribution is 9.11. The smallest absolute Gasteiger partial charge is 0.242 e. The van der Waals surface area contributed by atoms with Gasteiger partial charge < -0.3 is 5.43 Å². The predicted molar refractivity (Wildman–Crippen MR) is 78.1 cm³/mol. The minimum Gasteiger partial charge on any atom is -0.308 e. The Hall–Kier alpha value is -1.00. The van der Waals surface area contributed by atoms with Crippen molar-refractivity contribution in [3.63, 3.8) is 0 Å². The molecular formula is C10H11BrN4O2S2. The van der Waals surface area contributed by atoms with Crippen LogP contribution in [0.5, 0.6) is 0 Å². The molecular weight excluding hydrogens is 352 g/mol. The number of sulfonamides is 1. The van der Waals surface area contributed by atoms with Gasteiger partial charge in [0.25, 0.3) is 0 Å². The van der Waals surface area contributed by atoms with Crippen LogP contribution in [0.15, 0.2) is 39.1 Å². The summed E-state index contributed by atoms with van der Waals surface area (Å²) in [5, 5.41) is 0. The van der Waals surface area contributed by atoms with Crippen LogP contribution in [-0.4, -0.2) is 13.4 Å². The number of nitrogens with zero attached hydrogens (tertiary/aromatic N) is 1. The second-order valence-electron chi connectivity index (χ2n) is 3.55. The number of nitrogen functional groups attached to an aromatic ring is 1. The molecule has 0 aliphatic carbocycles. The molecule has 19 heavy (non-hydrogen) atoms. The van der Waals surface area contributed by atoms with E-state index < -0.39 is 10.0 Å². The Labute approximate surface area is 123 Å². The summed E-state index contributed by atoms with van der Waals surface area (Å²) in [5.41, 5.74) is 2.34. The molecule has 0 amide bonds. The highest BCUT2D eigenvalue weighted by Crippen LogP contribution is 2.22. The Morgan fingerprint density at radius 1 is 1.32 bits per heavy atom. The standard InChI is InChI=1S/C10H11BrN4O2S2/c11-9-3-1-7(18-9)5-14-19(16,17)8-2-4-10(15-12)13-6-8/h1-4,6,14H,5,12H2,(H,13,15). The number of hydrogen-bond donors (Lipinski definition) is 3. The van der Waals surface area contributed by atoms with Crippen LogP contribution in [0.1, 0.15) is 4.88 Å². The average molecular weight is 363 g/mol. The van der Waals surface area contributed by atoms with Crippen molar-refractivity contribution in [2.24, 2.45) is 5.84 Å². The minimum atomic E-state index is -3.56. The van der Waals surface area contributed by atoms with Gasteiger partial charge in [-0.2, -0.15) is 0 Å². The number of nitrogens with two attached hydrogens (primary N) is 1. The van der Waals surface area contributed by atoms with Gasteiger partial charge in [-0.15, -0.1) is 11.3 Å². The van der Waals surface area contributed by atoms with E-state index in [1.807, 2.05) is 12.1 Å². The molecule has 0 aliphatic rings. The van der Waals surface area contributed by atoms with Crippen molar-refractivity contribution in [2.45, 2.75) is 11.4 Å². The predicted octanol–water partition coefficient (Wildman–Crippen LogP) is 1.67. The second-order valence-corrected chi connectivity index (χ2v) is 7.87. The molecule has 2 rings (SSSR count). The van der Waals surface area contributed by atoms with Crippen LogP contribution in [0.25, 0.3) is 0 Å². The maximum Gasteiger partial charge on any atom is 0.242 e. The lowest BCUT2D eigenvalue weighted by Gasteiger charge is -2.06. The molecule has 9 heteroatoms. The quantitative estimate of drug-likeness (QED) is 0.555. The van der Waals surface area contributed by atoms with E-state index in [-0.39, 0.29) is 11.4 Å². The maximum absolute atomic E-state index is 12.0. The lowest BCUT2D eigenvalue weighted by atomic mass is 10.5. The Morgan fingerprint density at radius 2 is 2.11 bits per heavy atom. The zero-order valence-electron chi connectivity index (χ0n) is 9.63. The molecule has 2 aromatic rings. The normalized spacial score (nSPS) is 11.5. The molecule has 2 heterocycles.